The second kappa shape index (κ2) is 7.70. The van der Waals surface area contributed by atoms with Gasteiger partial charge in [0, 0.05) is 38.3 Å². The van der Waals surface area contributed by atoms with Crippen molar-refractivity contribution in [3.05, 3.63) is 64.7 Å². The summed E-state index contributed by atoms with van der Waals surface area (Å²) in [6.45, 7) is 11.1. The van der Waals surface area contributed by atoms with Crippen LogP contribution in [0.4, 0.5) is 0 Å². The lowest BCUT2D eigenvalue weighted by atomic mass is 10.1. The standard InChI is InChI=1S/C21H27N3O/c1-16-8-9-19(17(2)14-16)15-23-10-12-24(13-11-23)22-18(3)20-6-4-5-7-21(20)25/h4-9,14,25H,10-13,15H2,1-3H3. The number of nitrogens with zero attached hydrogens (tertiary/aromatic N) is 3. The Balaban J connectivity index is 1.58. The molecule has 0 aromatic heterocycles. The lowest BCUT2D eigenvalue weighted by Crippen LogP contribution is -2.44. The summed E-state index contributed by atoms with van der Waals surface area (Å²) in [6, 6.07) is 14.1. The van der Waals surface area contributed by atoms with E-state index in [-0.39, 0.29) is 5.75 Å². The molecule has 3 rings (SSSR count). The van der Waals surface area contributed by atoms with E-state index >= 15 is 0 Å². The minimum absolute atomic E-state index is 0.289. The molecule has 0 radical (unpaired) electrons. The molecular weight excluding hydrogens is 310 g/mol. The molecular formula is C21H27N3O. The number of rotatable bonds is 4. The van der Waals surface area contributed by atoms with Gasteiger partial charge in [-0.3, -0.25) is 9.91 Å². The summed E-state index contributed by atoms with van der Waals surface area (Å²) in [5.74, 6) is 0.289. The van der Waals surface area contributed by atoms with Gasteiger partial charge >= 0.3 is 0 Å². The maximum Gasteiger partial charge on any atom is 0.124 e. The normalized spacial score (nSPS) is 16.3. The number of aromatic hydroxyl groups is 1. The van der Waals surface area contributed by atoms with E-state index in [0.29, 0.717) is 0 Å². The van der Waals surface area contributed by atoms with Gasteiger partial charge in [-0.1, -0.05) is 35.9 Å². The summed E-state index contributed by atoms with van der Waals surface area (Å²) in [5, 5.41) is 16.8. The predicted octanol–water partition coefficient (Wildman–Crippen LogP) is 3.55. The number of piperazine rings is 1. The van der Waals surface area contributed by atoms with Crippen molar-refractivity contribution in [3.8, 4) is 5.75 Å². The molecule has 0 amide bonds. The van der Waals surface area contributed by atoms with Gasteiger partial charge in [0.25, 0.3) is 0 Å². The van der Waals surface area contributed by atoms with E-state index < -0.39 is 0 Å². The average Bonchev–Trinajstić information content (AvgIpc) is 2.59. The molecule has 0 unspecified atom stereocenters. The fourth-order valence-corrected chi connectivity index (χ4v) is 3.31. The van der Waals surface area contributed by atoms with Crippen molar-refractivity contribution in [2.75, 3.05) is 26.2 Å². The molecule has 2 aromatic carbocycles. The Bertz CT molecular complexity index is 761. The van der Waals surface area contributed by atoms with Gasteiger partial charge in [0.05, 0.1) is 5.71 Å². The number of aryl methyl sites for hydroxylation is 2. The van der Waals surface area contributed by atoms with Gasteiger partial charge in [-0.25, -0.2) is 0 Å². The Labute approximate surface area is 150 Å². The average molecular weight is 337 g/mol. The molecule has 4 nitrogen and oxygen atoms in total. The zero-order valence-electron chi connectivity index (χ0n) is 15.4. The van der Waals surface area contributed by atoms with Crippen molar-refractivity contribution in [3.63, 3.8) is 0 Å². The maximum atomic E-state index is 9.95. The summed E-state index contributed by atoms with van der Waals surface area (Å²) < 4.78 is 0. The number of phenols is 1. The van der Waals surface area contributed by atoms with Crippen molar-refractivity contribution in [2.24, 2.45) is 5.10 Å². The van der Waals surface area contributed by atoms with Gasteiger partial charge in [-0.2, -0.15) is 5.10 Å². The Morgan fingerprint density at radius 3 is 2.44 bits per heavy atom. The molecule has 132 valence electrons. The minimum atomic E-state index is 0.289. The molecule has 2 aromatic rings. The van der Waals surface area contributed by atoms with Crippen LogP contribution in [0, 0.1) is 13.8 Å². The highest BCUT2D eigenvalue weighted by atomic mass is 16.3. The first-order valence-corrected chi connectivity index (χ1v) is 8.90. The van der Waals surface area contributed by atoms with Gasteiger partial charge in [-0.05, 0) is 44.0 Å². The molecule has 1 heterocycles. The number of hydrogen-bond acceptors (Lipinski definition) is 4. The lowest BCUT2D eigenvalue weighted by Gasteiger charge is -2.33. The van der Waals surface area contributed by atoms with Crippen LogP contribution in [0.25, 0.3) is 0 Å². The minimum Gasteiger partial charge on any atom is -0.507 e. The van der Waals surface area contributed by atoms with Crippen molar-refractivity contribution in [2.45, 2.75) is 27.3 Å². The maximum absolute atomic E-state index is 9.95. The van der Waals surface area contributed by atoms with Crippen LogP contribution >= 0.6 is 0 Å². The second-order valence-corrected chi connectivity index (χ2v) is 6.86. The highest BCUT2D eigenvalue weighted by Crippen LogP contribution is 2.18. The molecule has 0 atom stereocenters. The Morgan fingerprint density at radius 2 is 1.76 bits per heavy atom. The van der Waals surface area contributed by atoms with E-state index in [1.54, 1.807) is 6.07 Å². The van der Waals surface area contributed by atoms with Crippen LogP contribution in [0.5, 0.6) is 5.75 Å². The summed E-state index contributed by atoms with van der Waals surface area (Å²) in [7, 11) is 0. The van der Waals surface area contributed by atoms with E-state index in [1.165, 1.54) is 16.7 Å². The first kappa shape index (κ1) is 17.5. The SMILES string of the molecule is CC(=NN1CCN(Cc2ccc(C)cc2C)CC1)c1ccccc1O. The largest absolute Gasteiger partial charge is 0.507 e. The van der Waals surface area contributed by atoms with Crippen LogP contribution in [-0.2, 0) is 6.54 Å². The third-order valence-electron chi connectivity index (χ3n) is 4.83. The van der Waals surface area contributed by atoms with Crippen LogP contribution in [0.1, 0.15) is 29.2 Å². The van der Waals surface area contributed by atoms with E-state index in [9.17, 15) is 5.11 Å². The molecule has 1 aliphatic rings. The van der Waals surface area contributed by atoms with Gasteiger partial charge in [0.1, 0.15) is 5.75 Å². The van der Waals surface area contributed by atoms with Gasteiger partial charge in [0.2, 0.25) is 0 Å². The van der Waals surface area contributed by atoms with Crippen LogP contribution in [0.2, 0.25) is 0 Å². The number of benzene rings is 2. The van der Waals surface area contributed by atoms with Crippen LogP contribution in [0.15, 0.2) is 47.6 Å². The smallest absolute Gasteiger partial charge is 0.124 e. The molecule has 1 fully saturated rings. The van der Waals surface area contributed by atoms with E-state index in [2.05, 4.69) is 42.0 Å². The van der Waals surface area contributed by atoms with Gasteiger partial charge < -0.3 is 5.11 Å². The molecule has 1 saturated heterocycles. The number of para-hydroxylation sites is 1. The zero-order chi connectivity index (χ0) is 17.8. The van der Waals surface area contributed by atoms with Crippen LogP contribution in [0.3, 0.4) is 0 Å². The zero-order valence-corrected chi connectivity index (χ0v) is 15.4. The Hall–Kier alpha value is -2.33. The second-order valence-electron chi connectivity index (χ2n) is 6.86. The molecule has 0 spiro atoms. The third-order valence-corrected chi connectivity index (χ3v) is 4.83. The molecule has 0 bridgehead atoms. The summed E-state index contributed by atoms with van der Waals surface area (Å²) in [6.07, 6.45) is 0. The topological polar surface area (TPSA) is 39.1 Å². The number of phenolic OH excluding ortho intramolecular Hbond substituents is 1. The molecule has 1 N–H and O–H groups in total. The van der Waals surface area contributed by atoms with Crippen molar-refractivity contribution < 1.29 is 5.11 Å². The lowest BCUT2D eigenvalue weighted by molar-refractivity contribution is 0.130. The van der Waals surface area contributed by atoms with Crippen molar-refractivity contribution in [1.29, 1.82) is 0 Å². The van der Waals surface area contributed by atoms with Gasteiger partial charge in [-0.15, -0.1) is 0 Å². The molecule has 0 saturated carbocycles. The van der Waals surface area contributed by atoms with E-state index in [0.717, 1.165) is 44.0 Å². The van der Waals surface area contributed by atoms with Crippen LogP contribution < -0.4 is 0 Å². The summed E-state index contributed by atoms with van der Waals surface area (Å²) >= 11 is 0. The quantitative estimate of drug-likeness (QED) is 0.867. The summed E-state index contributed by atoms with van der Waals surface area (Å²) in [5.41, 5.74) is 5.77. The highest BCUT2D eigenvalue weighted by Gasteiger charge is 2.17. The predicted molar refractivity (Wildman–Crippen MR) is 103 cm³/mol. The number of hydrazone groups is 1. The van der Waals surface area contributed by atoms with E-state index in [1.807, 2.05) is 25.1 Å². The van der Waals surface area contributed by atoms with Crippen molar-refractivity contribution in [1.82, 2.24) is 9.91 Å². The molecule has 0 aliphatic carbocycles. The first-order chi connectivity index (χ1) is 12.0. The van der Waals surface area contributed by atoms with E-state index in [4.69, 9.17) is 5.10 Å². The van der Waals surface area contributed by atoms with Crippen LogP contribution in [-0.4, -0.2) is 46.9 Å². The molecule has 1 aliphatic heterocycles. The first-order valence-electron chi connectivity index (χ1n) is 8.90. The number of hydrogen-bond donors (Lipinski definition) is 1. The molecule has 25 heavy (non-hydrogen) atoms. The monoisotopic (exact) mass is 337 g/mol. The Morgan fingerprint density at radius 1 is 1.04 bits per heavy atom. The fourth-order valence-electron chi connectivity index (χ4n) is 3.31. The fraction of sp³-hybridized carbons (Fsp3) is 0.381. The summed E-state index contributed by atoms with van der Waals surface area (Å²) in [4.78, 5) is 2.49. The highest BCUT2D eigenvalue weighted by molar-refractivity contribution is 6.00. The Kier molecular flexibility index (Phi) is 5.39. The molecule has 4 heteroatoms. The van der Waals surface area contributed by atoms with Gasteiger partial charge in [0.15, 0.2) is 0 Å². The third kappa shape index (κ3) is 4.40. The van der Waals surface area contributed by atoms with Crippen molar-refractivity contribution >= 4 is 5.71 Å².